The van der Waals surface area contributed by atoms with Gasteiger partial charge in [-0.25, -0.2) is 0 Å². The number of ether oxygens (including phenoxy) is 3. The zero-order valence-corrected chi connectivity index (χ0v) is 33.9. The van der Waals surface area contributed by atoms with Crippen molar-refractivity contribution in [1.29, 1.82) is 0 Å². The molecule has 3 saturated carbocycles. The summed E-state index contributed by atoms with van der Waals surface area (Å²) in [6.07, 6.45) is 9.73. The Morgan fingerprint density at radius 2 is 1.81 bits per heavy atom. The van der Waals surface area contributed by atoms with Gasteiger partial charge < -0.3 is 19.3 Å². The molecule has 1 aliphatic heterocycles. The molecule has 4 fully saturated rings. The number of hydrogen-bond acceptors (Lipinski definition) is 7. The maximum absolute atomic E-state index is 14.9. The number of fused-ring (bicyclic) bond motifs is 3. The van der Waals surface area contributed by atoms with Crippen LogP contribution in [0.15, 0.2) is 65.7 Å². The Kier molecular flexibility index (Phi) is 9.14. The lowest BCUT2D eigenvalue weighted by molar-refractivity contribution is -0.241. The Morgan fingerprint density at radius 1 is 1.04 bits per heavy atom. The molecule has 1 aromatic carbocycles. The molecule has 5 aliphatic rings. The highest BCUT2D eigenvalue weighted by molar-refractivity contribution is 7.13. The van der Waals surface area contributed by atoms with Crippen LogP contribution in [-0.2, 0) is 20.9 Å². The largest absolute Gasteiger partial charge is 0.497 e. The Bertz CT molecular complexity index is 1850. The molecule has 1 saturated heterocycles. The number of esters is 1. The zero-order chi connectivity index (χ0) is 37.6. The molecule has 1 unspecified atom stereocenters. The van der Waals surface area contributed by atoms with Crippen LogP contribution in [0.1, 0.15) is 98.6 Å². The van der Waals surface area contributed by atoms with Crippen molar-refractivity contribution in [2.75, 3.05) is 20.3 Å². The molecule has 286 valence electrons. The van der Waals surface area contributed by atoms with Crippen molar-refractivity contribution in [3.8, 4) is 16.3 Å². The monoisotopic (exact) mass is 740 g/mol. The van der Waals surface area contributed by atoms with Gasteiger partial charge in [-0.1, -0.05) is 78.3 Å². The highest BCUT2D eigenvalue weighted by atomic mass is 32.1. The van der Waals surface area contributed by atoms with Crippen molar-refractivity contribution < 1.29 is 24.1 Å². The SMILES string of the molecule is COc1ccc(COC(=O)[C@@H]2[C@@](C)([C@H](C)C(C)C)CC[C@]3(C)[C@H]4CC[C@H]5C6(C)COC[C@@]5(C[C@@H](n5nccc5-c5cccs5)[C@@H]6O)C4=CC[C@@]23C)cc1. The van der Waals surface area contributed by atoms with Crippen LogP contribution < -0.4 is 4.74 Å². The van der Waals surface area contributed by atoms with Crippen LogP contribution in [0.25, 0.3) is 10.6 Å². The number of benzene rings is 1. The second-order valence-corrected chi connectivity index (χ2v) is 19.8. The van der Waals surface area contributed by atoms with Crippen LogP contribution in [0.4, 0.5) is 0 Å². The highest BCUT2D eigenvalue weighted by Crippen LogP contribution is 2.75. The molecule has 53 heavy (non-hydrogen) atoms. The van der Waals surface area contributed by atoms with Gasteiger partial charge in [-0.15, -0.1) is 11.3 Å². The summed E-state index contributed by atoms with van der Waals surface area (Å²) in [5.41, 5.74) is 2.39. The second kappa shape index (κ2) is 13.1. The van der Waals surface area contributed by atoms with E-state index in [1.807, 2.05) is 30.5 Å². The number of hydrogen-bond donors (Lipinski definition) is 1. The van der Waals surface area contributed by atoms with Crippen molar-refractivity contribution >= 4 is 17.3 Å². The number of nitrogens with zero attached hydrogens (tertiary/aromatic N) is 2. The van der Waals surface area contributed by atoms with E-state index in [0.29, 0.717) is 36.9 Å². The first-order chi connectivity index (χ1) is 25.2. The van der Waals surface area contributed by atoms with E-state index in [1.165, 1.54) is 10.5 Å². The average Bonchev–Trinajstić information content (AvgIpc) is 3.86. The van der Waals surface area contributed by atoms with E-state index in [-0.39, 0.29) is 51.6 Å². The number of methoxy groups -OCH3 is 1. The van der Waals surface area contributed by atoms with Crippen LogP contribution >= 0.6 is 11.3 Å². The Labute approximate surface area is 320 Å². The van der Waals surface area contributed by atoms with E-state index < -0.39 is 6.10 Å². The summed E-state index contributed by atoms with van der Waals surface area (Å²) in [7, 11) is 1.67. The first-order valence-electron chi connectivity index (χ1n) is 20.1. The Morgan fingerprint density at radius 3 is 2.51 bits per heavy atom. The van der Waals surface area contributed by atoms with E-state index in [0.717, 1.165) is 55.5 Å². The lowest BCUT2D eigenvalue weighted by Crippen LogP contribution is -2.68. The van der Waals surface area contributed by atoms with E-state index in [2.05, 4.69) is 82.8 Å². The van der Waals surface area contributed by atoms with Gasteiger partial charge in [-0.05, 0) is 114 Å². The number of aliphatic hydroxyl groups is 1. The lowest BCUT2D eigenvalue weighted by atomic mass is 9.34. The molecule has 4 aliphatic carbocycles. The summed E-state index contributed by atoms with van der Waals surface area (Å²) in [6.45, 7) is 18.1. The molecule has 8 rings (SSSR count). The lowest BCUT2D eigenvalue weighted by Gasteiger charge is -2.71. The fraction of sp³-hybridized carbons (Fsp3) is 0.644. The highest BCUT2D eigenvalue weighted by Gasteiger charge is 2.71. The maximum Gasteiger partial charge on any atom is 0.310 e. The number of carbonyl (C=O) groups excluding carboxylic acids is 1. The molecule has 8 heteroatoms. The fourth-order valence-electron chi connectivity index (χ4n) is 13.0. The molecule has 0 radical (unpaired) electrons. The number of rotatable bonds is 8. The van der Waals surface area contributed by atoms with Crippen molar-refractivity contribution in [3.63, 3.8) is 0 Å². The third-order valence-corrected chi connectivity index (χ3v) is 17.3. The smallest absolute Gasteiger partial charge is 0.310 e. The number of thiophene rings is 1. The normalized spacial score (nSPS) is 39.7. The first kappa shape index (κ1) is 37.0. The first-order valence-corrected chi connectivity index (χ1v) is 20.9. The molecule has 11 atom stereocenters. The molecular formula is C45H60N2O5S. The van der Waals surface area contributed by atoms with Crippen LogP contribution in [-0.4, -0.2) is 47.3 Å². The van der Waals surface area contributed by atoms with Gasteiger partial charge in [0.25, 0.3) is 0 Å². The van der Waals surface area contributed by atoms with E-state index in [9.17, 15) is 9.90 Å². The standard InChI is InChI=1S/C45H60N2O5S/c1-28(2)29(3)41(4)20-21-43(6)32-15-16-37-42(5)26-51-27-45(37,24-35(39(42)48)47-34(18-22-46-47)36-10-9-23-53-36)33(32)17-19-44(43,7)38(41)40(49)52-25-30-11-13-31(50-8)14-12-30/h9-14,17-18,22-23,28-29,32,35,37-39,48H,15-16,19-21,24-27H2,1-8H3/t29-,32+,35-,37+,38-,39+,41-,42?,43-,44+,45+/m1/s1. The van der Waals surface area contributed by atoms with Crippen LogP contribution in [0, 0.1) is 56.7 Å². The molecule has 0 spiro atoms. The van der Waals surface area contributed by atoms with Crippen molar-refractivity contribution in [1.82, 2.24) is 9.78 Å². The van der Waals surface area contributed by atoms with Crippen molar-refractivity contribution in [2.24, 2.45) is 56.7 Å². The number of carbonyl (C=O) groups is 1. The van der Waals surface area contributed by atoms with E-state index in [4.69, 9.17) is 19.3 Å². The van der Waals surface area contributed by atoms with Crippen LogP contribution in [0.2, 0.25) is 0 Å². The van der Waals surface area contributed by atoms with Crippen LogP contribution in [0.5, 0.6) is 5.75 Å². The quantitative estimate of drug-likeness (QED) is 0.183. The summed E-state index contributed by atoms with van der Waals surface area (Å²) in [5.74, 6) is 1.93. The van der Waals surface area contributed by atoms with Crippen molar-refractivity contribution in [3.05, 3.63) is 71.3 Å². The third-order valence-electron chi connectivity index (χ3n) is 16.4. The van der Waals surface area contributed by atoms with Gasteiger partial charge >= 0.3 is 5.97 Å². The topological polar surface area (TPSA) is 82.8 Å². The predicted molar refractivity (Wildman–Crippen MR) is 209 cm³/mol. The molecule has 2 aromatic heterocycles. The molecule has 2 bridgehead atoms. The Balaban J connectivity index is 1.19. The molecule has 0 amide bonds. The summed E-state index contributed by atoms with van der Waals surface area (Å²) >= 11 is 1.72. The van der Waals surface area contributed by atoms with Gasteiger partial charge in [-0.3, -0.25) is 9.48 Å². The average molecular weight is 741 g/mol. The molecule has 3 heterocycles. The molecular weight excluding hydrogens is 681 g/mol. The van der Waals surface area contributed by atoms with Gasteiger partial charge in [-0.2, -0.15) is 5.10 Å². The zero-order valence-electron chi connectivity index (χ0n) is 33.1. The van der Waals surface area contributed by atoms with Crippen molar-refractivity contribution in [2.45, 2.75) is 106 Å². The molecule has 7 nitrogen and oxygen atoms in total. The summed E-state index contributed by atoms with van der Waals surface area (Å²) < 4.78 is 20.5. The summed E-state index contributed by atoms with van der Waals surface area (Å²) in [4.78, 5) is 16.0. The number of aliphatic hydroxyl groups excluding tert-OH is 1. The minimum atomic E-state index is -0.570. The Hall–Kier alpha value is -2.94. The number of aromatic nitrogens is 2. The minimum Gasteiger partial charge on any atom is -0.497 e. The van der Waals surface area contributed by atoms with Gasteiger partial charge in [0.2, 0.25) is 0 Å². The van der Waals surface area contributed by atoms with Gasteiger partial charge in [0.15, 0.2) is 0 Å². The third kappa shape index (κ3) is 5.31. The van der Waals surface area contributed by atoms with Gasteiger partial charge in [0.05, 0.1) is 49.0 Å². The van der Waals surface area contributed by atoms with E-state index in [1.54, 1.807) is 18.4 Å². The second-order valence-electron chi connectivity index (χ2n) is 18.8. The maximum atomic E-state index is 14.9. The predicted octanol–water partition coefficient (Wildman–Crippen LogP) is 9.77. The summed E-state index contributed by atoms with van der Waals surface area (Å²) in [5, 5.41) is 19.4. The van der Waals surface area contributed by atoms with Gasteiger partial charge in [0, 0.05) is 17.0 Å². The molecule has 3 aromatic rings. The minimum absolute atomic E-state index is 0.0536. The number of allylic oxidation sites excluding steroid dienone is 1. The van der Waals surface area contributed by atoms with E-state index >= 15 is 0 Å². The van der Waals surface area contributed by atoms with Crippen LogP contribution in [0.3, 0.4) is 0 Å². The molecule has 1 N–H and O–H groups in total. The van der Waals surface area contributed by atoms with Gasteiger partial charge in [0.1, 0.15) is 12.4 Å². The summed E-state index contributed by atoms with van der Waals surface area (Å²) in [6, 6.07) is 14.0. The fourth-order valence-corrected chi connectivity index (χ4v) is 13.7.